The molecule has 0 saturated heterocycles. The topological polar surface area (TPSA) is 27.7 Å². The predicted molar refractivity (Wildman–Crippen MR) is 188 cm³/mol. The quantitative estimate of drug-likeness (QED) is 0.211. The highest BCUT2D eigenvalue weighted by Gasteiger charge is 2.67. The predicted octanol–water partition coefficient (Wildman–Crippen LogP) is 11.0. The van der Waals surface area contributed by atoms with E-state index in [0.717, 1.165) is 23.7 Å². The average molecular weight is 637 g/mol. The Morgan fingerprint density at radius 2 is 1.31 bits per heavy atom. The van der Waals surface area contributed by atoms with Crippen LogP contribution >= 0.6 is 0 Å². The normalized spacial score (nSPS) is 41.8. The number of fused-ring (bicyclic) bond motifs is 5. The lowest BCUT2D eigenvalue weighted by Gasteiger charge is -2.66. The van der Waals surface area contributed by atoms with Crippen molar-refractivity contribution in [1.29, 1.82) is 0 Å². The Morgan fingerprint density at radius 1 is 0.690 bits per heavy atom. The third-order valence-electron chi connectivity index (χ3n) is 12.4. The van der Waals surface area contributed by atoms with Crippen molar-refractivity contribution in [3.05, 3.63) is 0 Å². The third kappa shape index (κ3) is 7.73. The van der Waals surface area contributed by atoms with Crippen LogP contribution in [0.15, 0.2) is 0 Å². The highest BCUT2D eigenvalue weighted by molar-refractivity contribution is 6.70. The summed E-state index contributed by atoms with van der Waals surface area (Å²) in [5, 5.41) is 0. The zero-order valence-electron chi connectivity index (χ0n) is 30.6. The molecule has 0 spiro atoms. The summed E-state index contributed by atoms with van der Waals surface area (Å²) in [7, 11) is -4.97. The Morgan fingerprint density at radius 3 is 1.88 bits per heavy atom. The maximum atomic E-state index is 7.40. The van der Waals surface area contributed by atoms with Crippen LogP contribution in [0.25, 0.3) is 0 Å². The molecular weight excluding hydrogens is 565 g/mol. The zero-order chi connectivity index (χ0) is 31.5. The van der Waals surface area contributed by atoms with Crippen molar-refractivity contribution in [1.82, 2.24) is 0 Å². The molecule has 0 heterocycles. The number of rotatable bonds is 11. The standard InChI is InChI=1S/C36H72O3Si3/c1-25(2)16-15-17-26(3)29-18-19-30-34-31(24-33(36(29,30)5)39-42(12,13)14)35(4)21-20-28(37-40(6,7)8)22-27(35)23-32(34)38-41(9,10)11/h25-34H,15-24H2,1-14H3/t26-,27+,28+,29-,30?,31?,32-,33+,34?,35+,36-/m1/s1. The molecule has 0 aromatic carbocycles. The van der Waals surface area contributed by atoms with Crippen LogP contribution in [0.2, 0.25) is 58.9 Å². The summed E-state index contributed by atoms with van der Waals surface area (Å²) in [6, 6.07) is 0. The van der Waals surface area contributed by atoms with Gasteiger partial charge in [0.05, 0.1) is 6.10 Å². The lowest BCUT2D eigenvalue weighted by Crippen LogP contribution is -2.64. The Bertz CT molecular complexity index is 904. The van der Waals surface area contributed by atoms with Gasteiger partial charge in [0, 0.05) is 12.2 Å². The second-order valence-corrected chi connectivity index (χ2v) is 32.8. The molecule has 11 atom stereocenters. The van der Waals surface area contributed by atoms with Gasteiger partial charge in [0.2, 0.25) is 0 Å². The van der Waals surface area contributed by atoms with Crippen molar-refractivity contribution in [2.45, 2.75) is 176 Å². The van der Waals surface area contributed by atoms with E-state index in [1.54, 1.807) is 0 Å². The van der Waals surface area contributed by atoms with Crippen LogP contribution in [-0.4, -0.2) is 43.3 Å². The van der Waals surface area contributed by atoms with Gasteiger partial charge in [-0.15, -0.1) is 0 Å². The minimum Gasteiger partial charge on any atom is -0.415 e. The first-order valence-electron chi connectivity index (χ1n) is 18.2. The van der Waals surface area contributed by atoms with Crippen molar-refractivity contribution in [3.63, 3.8) is 0 Å². The van der Waals surface area contributed by atoms with Gasteiger partial charge in [0.15, 0.2) is 25.0 Å². The molecule has 3 nitrogen and oxygen atoms in total. The van der Waals surface area contributed by atoms with E-state index in [1.165, 1.54) is 64.2 Å². The van der Waals surface area contributed by atoms with Gasteiger partial charge >= 0.3 is 0 Å². The SMILES string of the molecule is CC(C)CCC[C@@H](C)[C@H]1CCC2C3C(C[C@H](O[Si](C)(C)C)[C@@]21C)[C@@]1(C)CC[C@H](O[Si](C)(C)C)C[C@H]1C[C@H]3O[Si](C)(C)C. The molecule has 4 fully saturated rings. The maximum Gasteiger partial charge on any atom is 0.184 e. The van der Waals surface area contributed by atoms with Crippen molar-refractivity contribution < 1.29 is 13.3 Å². The van der Waals surface area contributed by atoms with Crippen LogP contribution in [0, 0.1) is 52.3 Å². The molecule has 0 aromatic heterocycles. The van der Waals surface area contributed by atoms with E-state index in [9.17, 15) is 0 Å². The van der Waals surface area contributed by atoms with Gasteiger partial charge < -0.3 is 13.3 Å². The molecule has 4 aliphatic rings. The minimum atomic E-state index is -1.71. The van der Waals surface area contributed by atoms with Gasteiger partial charge in [-0.25, -0.2) is 0 Å². The molecule has 4 aliphatic carbocycles. The molecule has 6 heteroatoms. The fourth-order valence-corrected chi connectivity index (χ4v) is 14.5. The van der Waals surface area contributed by atoms with Crippen LogP contribution < -0.4 is 0 Å². The van der Waals surface area contributed by atoms with Gasteiger partial charge in [-0.2, -0.15) is 0 Å². The lowest BCUT2D eigenvalue weighted by atomic mass is 9.43. The first kappa shape index (κ1) is 35.4. The fourth-order valence-electron chi connectivity index (χ4n) is 10.9. The first-order chi connectivity index (χ1) is 19.1. The maximum absolute atomic E-state index is 7.40. The molecule has 3 unspecified atom stereocenters. The molecule has 0 bridgehead atoms. The monoisotopic (exact) mass is 636 g/mol. The van der Waals surface area contributed by atoms with E-state index < -0.39 is 25.0 Å². The Kier molecular flexibility index (Phi) is 10.6. The molecule has 0 aliphatic heterocycles. The van der Waals surface area contributed by atoms with Crippen molar-refractivity contribution in [3.8, 4) is 0 Å². The van der Waals surface area contributed by atoms with E-state index in [4.69, 9.17) is 13.3 Å². The van der Waals surface area contributed by atoms with Crippen LogP contribution in [0.4, 0.5) is 0 Å². The highest BCUT2D eigenvalue weighted by atomic mass is 28.4. The highest BCUT2D eigenvalue weighted by Crippen LogP contribution is 2.69. The molecule has 0 aromatic rings. The van der Waals surface area contributed by atoms with E-state index in [0.29, 0.717) is 41.5 Å². The molecular formula is C36H72O3Si3. The number of hydrogen-bond acceptors (Lipinski definition) is 3. The summed E-state index contributed by atoms with van der Waals surface area (Å²) in [5.74, 6) is 5.19. The summed E-state index contributed by atoms with van der Waals surface area (Å²) in [6.45, 7) is 34.5. The summed E-state index contributed by atoms with van der Waals surface area (Å²) in [4.78, 5) is 0. The molecule has 0 radical (unpaired) electrons. The van der Waals surface area contributed by atoms with Crippen molar-refractivity contribution in [2.24, 2.45) is 52.3 Å². The summed E-state index contributed by atoms with van der Waals surface area (Å²) >= 11 is 0. The molecule has 4 saturated carbocycles. The molecule has 0 amide bonds. The van der Waals surface area contributed by atoms with Gasteiger partial charge in [0.1, 0.15) is 0 Å². The Hall–Kier alpha value is 0.531. The van der Waals surface area contributed by atoms with E-state index in [1.807, 2.05) is 0 Å². The van der Waals surface area contributed by atoms with E-state index in [2.05, 4.69) is 93.5 Å². The summed E-state index contributed by atoms with van der Waals surface area (Å²) in [5.41, 5.74) is 0.647. The molecule has 4 rings (SSSR count). The van der Waals surface area contributed by atoms with E-state index >= 15 is 0 Å². The van der Waals surface area contributed by atoms with Gasteiger partial charge in [0.25, 0.3) is 0 Å². The van der Waals surface area contributed by atoms with Crippen LogP contribution in [0.5, 0.6) is 0 Å². The lowest BCUT2D eigenvalue weighted by molar-refractivity contribution is -0.199. The third-order valence-corrected chi connectivity index (χ3v) is 15.4. The number of hydrogen-bond donors (Lipinski definition) is 0. The summed E-state index contributed by atoms with van der Waals surface area (Å²) < 4.78 is 21.5. The van der Waals surface area contributed by atoms with Gasteiger partial charge in [-0.05, 0) is 156 Å². The van der Waals surface area contributed by atoms with Crippen molar-refractivity contribution in [2.75, 3.05) is 0 Å². The molecule has 42 heavy (non-hydrogen) atoms. The molecule has 246 valence electrons. The summed E-state index contributed by atoms with van der Waals surface area (Å²) in [6.07, 6.45) is 14.5. The smallest absolute Gasteiger partial charge is 0.184 e. The zero-order valence-corrected chi connectivity index (χ0v) is 33.6. The molecule has 0 N–H and O–H groups in total. The Labute approximate surface area is 265 Å². The van der Waals surface area contributed by atoms with Gasteiger partial charge in [-0.1, -0.05) is 53.9 Å². The van der Waals surface area contributed by atoms with Crippen LogP contribution in [-0.2, 0) is 13.3 Å². The van der Waals surface area contributed by atoms with E-state index in [-0.39, 0.29) is 5.41 Å². The first-order valence-corrected chi connectivity index (χ1v) is 28.4. The second kappa shape index (κ2) is 12.6. The minimum absolute atomic E-state index is 0.265. The second-order valence-electron chi connectivity index (χ2n) is 19.4. The Balaban J connectivity index is 1.71. The van der Waals surface area contributed by atoms with Crippen molar-refractivity contribution >= 4 is 25.0 Å². The average Bonchev–Trinajstić information content (AvgIpc) is 3.15. The van der Waals surface area contributed by atoms with Crippen LogP contribution in [0.3, 0.4) is 0 Å². The largest absolute Gasteiger partial charge is 0.415 e. The van der Waals surface area contributed by atoms with Gasteiger partial charge in [-0.3, -0.25) is 0 Å². The van der Waals surface area contributed by atoms with Crippen LogP contribution in [0.1, 0.15) is 98.8 Å². The fraction of sp³-hybridized carbons (Fsp3) is 1.00.